The Balaban J connectivity index is 4.40. The van der Waals surface area contributed by atoms with Gasteiger partial charge in [0.2, 0.25) is 0 Å². The molecule has 0 aliphatic carbocycles. The molecule has 0 aliphatic heterocycles. The molecule has 0 aromatic heterocycles. The number of ether oxygens (including phenoxy) is 1. The molecule has 96 valence electrons. The second kappa shape index (κ2) is 8.86. The summed E-state index contributed by atoms with van der Waals surface area (Å²) in [6, 6.07) is 0. The summed E-state index contributed by atoms with van der Waals surface area (Å²) in [6.45, 7) is 16.3. The van der Waals surface area contributed by atoms with Crippen LogP contribution in [0.15, 0.2) is 49.0 Å². The minimum Gasteiger partial charge on any atom is -0.472 e. The molecule has 1 heteroatoms. The van der Waals surface area contributed by atoms with Crippen LogP contribution < -0.4 is 0 Å². The molecule has 0 atom stereocenters. The zero-order valence-corrected chi connectivity index (χ0v) is 11.7. The van der Waals surface area contributed by atoms with E-state index in [2.05, 4.69) is 40.9 Å². The Morgan fingerprint density at radius 1 is 0.882 bits per heavy atom. The highest BCUT2D eigenvalue weighted by atomic mass is 16.5. The molecule has 0 heterocycles. The normalized spacial score (nSPS) is 13.1. The maximum Gasteiger partial charge on any atom is 0.0933 e. The summed E-state index contributed by atoms with van der Waals surface area (Å²) >= 11 is 0. The molecule has 0 fully saturated rings. The fraction of sp³-hybridized carbons (Fsp3) is 0.500. The summed E-state index contributed by atoms with van der Waals surface area (Å²) in [5.74, 6) is 1.22. The first-order valence-corrected chi connectivity index (χ1v) is 6.28. The quantitative estimate of drug-likeness (QED) is 0.412. The summed E-state index contributed by atoms with van der Waals surface area (Å²) in [4.78, 5) is 0. The van der Waals surface area contributed by atoms with Crippen LogP contribution in [0.1, 0.15) is 40.5 Å². The Labute approximate surface area is 107 Å². The van der Waals surface area contributed by atoms with Crippen LogP contribution in [0.4, 0.5) is 0 Å². The van der Waals surface area contributed by atoms with Crippen molar-refractivity contribution in [2.24, 2.45) is 11.8 Å². The highest BCUT2D eigenvalue weighted by molar-refractivity contribution is 5.17. The predicted molar refractivity (Wildman–Crippen MR) is 76.6 cm³/mol. The van der Waals surface area contributed by atoms with Crippen molar-refractivity contribution in [1.29, 1.82) is 0 Å². The fourth-order valence-corrected chi connectivity index (χ4v) is 1.51. The van der Waals surface area contributed by atoms with Crippen LogP contribution in [0, 0.1) is 11.8 Å². The third kappa shape index (κ3) is 8.56. The molecule has 0 N–H and O–H groups in total. The maximum atomic E-state index is 5.47. The van der Waals surface area contributed by atoms with Crippen LogP contribution >= 0.6 is 0 Å². The van der Waals surface area contributed by atoms with E-state index in [1.165, 1.54) is 0 Å². The van der Waals surface area contributed by atoms with Gasteiger partial charge in [0.05, 0.1) is 12.5 Å². The van der Waals surface area contributed by atoms with Gasteiger partial charge in [0.25, 0.3) is 0 Å². The summed E-state index contributed by atoms with van der Waals surface area (Å²) in [7, 11) is 0. The van der Waals surface area contributed by atoms with E-state index in [9.17, 15) is 0 Å². The predicted octanol–water partition coefficient (Wildman–Crippen LogP) is 5.24. The van der Waals surface area contributed by atoms with E-state index in [1.54, 1.807) is 12.5 Å². The number of hydrogen-bond donors (Lipinski definition) is 0. The zero-order chi connectivity index (χ0) is 13.3. The van der Waals surface area contributed by atoms with Crippen LogP contribution in [-0.2, 0) is 4.74 Å². The molecule has 0 amide bonds. The monoisotopic (exact) mass is 234 g/mol. The first kappa shape index (κ1) is 15.8. The van der Waals surface area contributed by atoms with Crippen LogP contribution in [0.25, 0.3) is 0 Å². The lowest BCUT2D eigenvalue weighted by molar-refractivity contribution is 0.388. The third-order valence-electron chi connectivity index (χ3n) is 2.25. The average Bonchev–Trinajstić information content (AvgIpc) is 2.25. The molecule has 17 heavy (non-hydrogen) atoms. The lowest BCUT2D eigenvalue weighted by atomic mass is 10.0. The largest absolute Gasteiger partial charge is 0.472 e. The van der Waals surface area contributed by atoms with Crippen molar-refractivity contribution < 1.29 is 4.74 Å². The smallest absolute Gasteiger partial charge is 0.0933 e. The van der Waals surface area contributed by atoms with E-state index in [4.69, 9.17) is 4.74 Å². The summed E-state index contributed by atoms with van der Waals surface area (Å²) in [6.07, 6.45) is 9.23. The number of allylic oxidation sites excluding steroid dienone is 4. The molecular formula is C16H26O. The Hall–Kier alpha value is -1.24. The van der Waals surface area contributed by atoms with Gasteiger partial charge >= 0.3 is 0 Å². The minimum atomic E-state index is 0.612. The fourth-order valence-electron chi connectivity index (χ4n) is 1.51. The molecule has 0 saturated heterocycles. The highest BCUT2D eigenvalue weighted by Gasteiger charge is 1.99. The van der Waals surface area contributed by atoms with Gasteiger partial charge in [0, 0.05) is 0 Å². The van der Waals surface area contributed by atoms with E-state index in [1.807, 2.05) is 12.2 Å². The summed E-state index contributed by atoms with van der Waals surface area (Å²) < 4.78 is 5.47. The molecule has 0 saturated carbocycles. The van der Waals surface area contributed by atoms with Gasteiger partial charge < -0.3 is 4.74 Å². The Kier molecular flexibility index (Phi) is 8.21. The van der Waals surface area contributed by atoms with Crippen molar-refractivity contribution in [3.8, 4) is 0 Å². The van der Waals surface area contributed by atoms with Crippen molar-refractivity contribution >= 4 is 0 Å². The van der Waals surface area contributed by atoms with Crippen LogP contribution in [0.5, 0.6) is 0 Å². The average molecular weight is 234 g/mol. The molecule has 0 spiro atoms. The Morgan fingerprint density at radius 3 is 1.47 bits per heavy atom. The van der Waals surface area contributed by atoms with Gasteiger partial charge in [-0.25, -0.2) is 0 Å². The second-order valence-electron chi connectivity index (χ2n) is 5.13. The molecule has 0 bridgehead atoms. The van der Waals surface area contributed by atoms with Gasteiger partial charge in [-0.1, -0.05) is 53.0 Å². The maximum absolute atomic E-state index is 5.47. The number of hydrogen-bond acceptors (Lipinski definition) is 1. The number of rotatable bonds is 8. The first-order valence-electron chi connectivity index (χ1n) is 6.28. The van der Waals surface area contributed by atoms with Crippen LogP contribution in [0.2, 0.25) is 0 Å². The van der Waals surface area contributed by atoms with Crippen LogP contribution in [-0.4, -0.2) is 0 Å². The molecule has 0 aromatic rings. The van der Waals surface area contributed by atoms with E-state index in [-0.39, 0.29) is 0 Å². The van der Waals surface area contributed by atoms with Crippen molar-refractivity contribution in [2.75, 3.05) is 0 Å². The lowest BCUT2D eigenvalue weighted by Gasteiger charge is -2.07. The lowest BCUT2D eigenvalue weighted by Crippen LogP contribution is -1.91. The molecular weight excluding hydrogens is 208 g/mol. The van der Waals surface area contributed by atoms with Gasteiger partial charge in [-0.15, -0.1) is 0 Å². The summed E-state index contributed by atoms with van der Waals surface area (Å²) in [5, 5.41) is 0. The van der Waals surface area contributed by atoms with E-state index in [0.29, 0.717) is 11.8 Å². The van der Waals surface area contributed by atoms with E-state index < -0.39 is 0 Å². The molecule has 0 radical (unpaired) electrons. The molecule has 0 aromatic carbocycles. The summed E-state index contributed by atoms with van der Waals surface area (Å²) in [5.41, 5.74) is 2.26. The molecule has 0 rings (SSSR count). The van der Waals surface area contributed by atoms with E-state index >= 15 is 0 Å². The Morgan fingerprint density at radius 2 is 1.24 bits per heavy atom. The van der Waals surface area contributed by atoms with Gasteiger partial charge in [0.1, 0.15) is 0 Å². The standard InChI is InChI=1S/C16H26O/c1-7-15(9-13(3)4)11-17-12-16(8-2)10-14(5)6/h7-8,11-14H,1-2,9-10H2,3-6H3. The van der Waals surface area contributed by atoms with Gasteiger partial charge in [-0.3, -0.25) is 0 Å². The molecule has 0 unspecified atom stereocenters. The third-order valence-corrected chi connectivity index (χ3v) is 2.25. The van der Waals surface area contributed by atoms with Crippen molar-refractivity contribution in [2.45, 2.75) is 40.5 Å². The van der Waals surface area contributed by atoms with E-state index in [0.717, 1.165) is 24.0 Å². The van der Waals surface area contributed by atoms with Gasteiger partial charge in [0.15, 0.2) is 0 Å². The van der Waals surface area contributed by atoms with Crippen molar-refractivity contribution in [3.63, 3.8) is 0 Å². The van der Waals surface area contributed by atoms with Crippen molar-refractivity contribution in [1.82, 2.24) is 0 Å². The topological polar surface area (TPSA) is 9.23 Å². The highest BCUT2D eigenvalue weighted by Crippen LogP contribution is 2.14. The van der Waals surface area contributed by atoms with Crippen molar-refractivity contribution in [3.05, 3.63) is 49.0 Å². The second-order valence-corrected chi connectivity index (χ2v) is 5.13. The minimum absolute atomic E-state index is 0.612. The van der Waals surface area contributed by atoms with Gasteiger partial charge in [-0.2, -0.15) is 0 Å². The molecule has 0 aliphatic rings. The van der Waals surface area contributed by atoms with Gasteiger partial charge in [-0.05, 0) is 35.8 Å². The SMILES string of the molecule is C=CC(=COC=C(C=C)CC(C)C)CC(C)C. The zero-order valence-electron chi connectivity index (χ0n) is 11.7. The Bertz CT molecular complexity index is 263. The molecule has 1 nitrogen and oxygen atoms in total. The first-order chi connectivity index (χ1) is 7.99. The van der Waals surface area contributed by atoms with Crippen LogP contribution in [0.3, 0.4) is 0 Å².